The van der Waals surface area contributed by atoms with Crippen molar-refractivity contribution in [1.82, 2.24) is 4.90 Å². The van der Waals surface area contributed by atoms with Gasteiger partial charge in [-0.25, -0.2) is 4.90 Å². The Labute approximate surface area is 109 Å². The number of rotatable bonds is 2. The summed E-state index contributed by atoms with van der Waals surface area (Å²) in [6.45, 7) is 8.10. The lowest BCUT2D eigenvalue weighted by molar-refractivity contribution is -0.286. The van der Waals surface area contributed by atoms with Crippen molar-refractivity contribution in [1.29, 1.82) is 0 Å². The van der Waals surface area contributed by atoms with Gasteiger partial charge in [-0.1, -0.05) is 43.7 Å². The van der Waals surface area contributed by atoms with Gasteiger partial charge in [0.25, 0.3) is 5.91 Å². The third-order valence-electron chi connectivity index (χ3n) is 2.89. The minimum Gasteiger partial charge on any atom is -0.379 e. The Hall–Kier alpha value is -0.940. The third-order valence-corrected chi connectivity index (χ3v) is 2.89. The standard InChI is InChI=1S/C12H17NO3.C2H6/c1-10-2-4-11(5-3-10)12(14,15)13-6-8-16-9-7-13;1-2/h2-5,14-15H,6-9H2,1H3;1-2H3. The molecule has 102 valence electrons. The first kappa shape index (κ1) is 15.1. The van der Waals surface area contributed by atoms with E-state index < -0.39 is 5.91 Å². The zero-order valence-corrected chi connectivity index (χ0v) is 11.4. The summed E-state index contributed by atoms with van der Waals surface area (Å²) in [6, 6.07) is 7.23. The minimum absolute atomic E-state index is 0.500. The molecule has 1 aromatic rings. The van der Waals surface area contributed by atoms with Gasteiger partial charge in [-0.2, -0.15) is 0 Å². The van der Waals surface area contributed by atoms with Crippen LogP contribution in [0, 0.1) is 6.92 Å². The van der Waals surface area contributed by atoms with E-state index in [1.54, 1.807) is 17.0 Å². The summed E-state index contributed by atoms with van der Waals surface area (Å²) in [5, 5.41) is 20.3. The number of hydrogen-bond acceptors (Lipinski definition) is 4. The molecule has 1 aliphatic rings. The van der Waals surface area contributed by atoms with E-state index in [1.807, 2.05) is 32.9 Å². The predicted octanol–water partition coefficient (Wildman–Crippen LogP) is 1.45. The van der Waals surface area contributed by atoms with Gasteiger partial charge >= 0.3 is 0 Å². The van der Waals surface area contributed by atoms with Crippen LogP contribution in [0.1, 0.15) is 25.0 Å². The average molecular weight is 253 g/mol. The second-order valence-corrected chi connectivity index (χ2v) is 4.10. The maximum atomic E-state index is 10.1. The summed E-state index contributed by atoms with van der Waals surface area (Å²) in [6.07, 6.45) is 0. The largest absolute Gasteiger partial charge is 0.379 e. The molecule has 18 heavy (non-hydrogen) atoms. The first-order valence-electron chi connectivity index (χ1n) is 6.45. The van der Waals surface area contributed by atoms with Gasteiger partial charge in [0, 0.05) is 18.7 Å². The molecule has 4 nitrogen and oxygen atoms in total. The molecule has 1 heterocycles. The Morgan fingerprint density at radius 2 is 1.56 bits per heavy atom. The molecule has 4 heteroatoms. The lowest BCUT2D eigenvalue weighted by Crippen LogP contribution is -2.51. The van der Waals surface area contributed by atoms with E-state index in [2.05, 4.69) is 0 Å². The summed E-state index contributed by atoms with van der Waals surface area (Å²) in [7, 11) is 0. The summed E-state index contributed by atoms with van der Waals surface area (Å²) in [5.41, 5.74) is 1.60. The molecule has 0 bridgehead atoms. The SMILES string of the molecule is CC.Cc1ccc(C(O)(O)N2CCOCC2)cc1. The predicted molar refractivity (Wildman–Crippen MR) is 71.0 cm³/mol. The topological polar surface area (TPSA) is 52.9 Å². The molecule has 1 fully saturated rings. The molecule has 0 saturated carbocycles. The molecule has 0 amide bonds. The van der Waals surface area contributed by atoms with Gasteiger partial charge in [0.15, 0.2) is 0 Å². The van der Waals surface area contributed by atoms with Crippen molar-refractivity contribution in [3.05, 3.63) is 35.4 Å². The van der Waals surface area contributed by atoms with E-state index in [-0.39, 0.29) is 0 Å². The monoisotopic (exact) mass is 253 g/mol. The summed E-state index contributed by atoms with van der Waals surface area (Å²) < 4.78 is 5.19. The van der Waals surface area contributed by atoms with E-state index in [9.17, 15) is 10.2 Å². The number of nitrogens with zero attached hydrogens (tertiary/aromatic N) is 1. The fourth-order valence-corrected chi connectivity index (χ4v) is 1.83. The number of ether oxygens (including phenoxy) is 1. The van der Waals surface area contributed by atoms with Crippen LogP contribution >= 0.6 is 0 Å². The molecule has 2 N–H and O–H groups in total. The molecule has 0 unspecified atom stereocenters. The van der Waals surface area contributed by atoms with Crippen molar-refractivity contribution in [2.45, 2.75) is 26.7 Å². The summed E-state index contributed by atoms with van der Waals surface area (Å²) in [5.74, 6) is -1.89. The second kappa shape index (κ2) is 6.85. The molecule has 1 aromatic carbocycles. The Kier molecular flexibility index (Phi) is 5.75. The van der Waals surface area contributed by atoms with Crippen molar-refractivity contribution in [2.75, 3.05) is 26.3 Å². The lowest BCUT2D eigenvalue weighted by Gasteiger charge is -2.37. The van der Waals surface area contributed by atoms with Gasteiger partial charge in [0.2, 0.25) is 0 Å². The lowest BCUT2D eigenvalue weighted by atomic mass is 10.1. The molecule has 1 saturated heterocycles. The molecular weight excluding hydrogens is 230 g/mol. The Morgan fingerprint density at radius 1 is 1.06 bits per heavy atom. The number of aliphatic hydroxyl groups is 2. The smallest absolute Gasteiger partial charge is 0.253 e. The van der Waals surface area contributed by atoms with Crippen LogP contribution in [0.2, 0.25) is 0 Å². The van der Waals surface area contributed by atoms with Crippen LogP contribution in [0.15, 0.2) is 24.3 Å². The van der Waals surface area contributed by atoms with Crippen molar-refractivity contribution in [3.63, 3.8) is 0 Å². The Balaban J connectivity index is 0.000000771. The molecule has 2 rings (SSSR count). The average Bonchev–Trinajstić information content (AvgIpc) is 2.42. The van der Waals surface area contributed by atoms with E-state index in [0.29, 0.717) is 31.9 Å². The number of aryl methyl sites for hydroxylation is 1. The van der Waals surface area contributed by atoms with Gasteiger partial charge in [0.1, 0.15) is 0 Å². The molecule has 0 spiro atoms. The minimum atomic E-state index is -1.89. The molecule has 0 aromatic heterocycles. The highest BCUT2D eigenvalue weighted by molar-refractivity contribution is 5.24. The third kappa shape index (κ3) is 3.53. The van der Waals surface area contributed by atoms with E-state index in [4.69, 9.17) is 4.74 Å². The van der Waals surface area contributed by atoms with Crippen molar-refractivity contribution >= 4 is 0 Å². The quantitative estimate of drug-likeness (QED) is 0.783. The van der Waals surface area contributed by atoms with Gasteiger partial charge < -0.3 is 14.9 Å². The molecule has 1 aliphatic heterocycles. The highest BCUT2D eigenvalue weighted by atomic mass is 16.5. The first-order valence-corrected chi connectivity index (χ1v) is 6.45. The van der Waals surface area contributed by atoms with Crippen molar-refractivity contribution < 1.29 is 14.9 Å². The Morgan fingerprint density at radius 3 is 2.06 bits per heavy atom. The second-order valence-electron chi connectivity index (χ2n) is 4.10. The summed E-state index contributed by atoms with van der Waals surface area (Å²) >= 11 is 0. The summed E-state index contributed by atoms with van der Waals surface area (Å²) in [4.78, 5) is 1.61. The van der Waals surface area contributed by atoms with E-state index in [1.165, 1.54) is 0 Å². The normalized spacial score (nSPS) is 16.9. The van der Waals surface area contributed by atoms with Gasteiger partial charge in [-0.3, -0.25) is 0 Å². The highest BCUT2D eigenvalue weighted by Crippen LogP contribution is 2.23. The van der Waals surface area contributed by atoms with Crippen molar-refractivity contribution in [2.24, 2.45) is 0 Å². The van der Waals surface area contributed by atoms with Crippen LogP contribution in [0.4, 0.5) is 0 Å². The molecule has 0 aliphatic carbocycles. The first-order chi connectivity index (χ1) is 8.60. The van der Waals surface area contributed by atoms with E-state index >= 15 is 0 Å². The molecule has 0 radical (unpaired) electrons. The zero-order valence-electron chi connectivity index (χ0n) is 11.4. The van der Waals surface area contributed by atoms with Crippen LogP contribution < -0.4 is 0 Å². The van der Waals surface area contributed by atoms with Gasteiger partial charge in [-0.15, -0.1) is 0 Å². The van der Waals surface area contributed by atoms with Crippen LogP contribution in [-0.4, -0.2) is 41.4 Å². The maximum absolute atomic E-state index is 10.1. The maximum Gasteiger partial charge on any atom is 0.253 e. The number of benzene rings is 1. The molecule has 0 atom stereocenters. The zero-order chi connectivity index (χ0) is 13.6. The van der Waals surface area contributed by atoms with Crippen LogP contribution in [0.25, 0.3) is 0 Å². The highest BCUT2D eigenvalue weighted by Gasteiger charge is 2.34. The fraction of sp³-hybridized carbons (Fsp3) is 0.571. The Bertz CT molecular complexity index is 343. The van der Waals surface area contributed by atoms with Crippen LogP contribution in [0.5, 0.6) is 0 Å². The number of morpholine rings is 1. The van der Waals surface area contributed by atoms with Crippen LogP contribution in [0.3, 0.4) is 0 Å². The van der Waals surface area contributed by atoms with Crippen molar-refractivity contribution in [3.8, 4) is 0 Å². The van der Waals surface area contributed by atoms with E-state index in [0.717, 1.165) is 5.56 Å². The van der Waals surface area contributed by atoms with Crippen LogP contribution in [-0.2, 0) is 10.6 Å². The van der Waals surface area contributed by atoms with Gasteiger partial charge in [0.05, 0.1) is 13.2 Å². The molecular formula is C14H23NO3. The fourth-order valence-electron chi connectivity index (χ4n) is 1.83. The number of hydrogen-bond donors (Lipinski definition) is 2. The van der Waals surface area contributed by atoms with Gasteiger partial charge in [-0.05, 0) is 6.92 Å².